The maximum atomic E-state index is 14.4. The van der Waals surface area contributed by atoms with Crippen LogP contribution in [0.15, 0.2) is 36.4 Å². The molecule has 1 aromatic heterocycles. The molecule has 172 valence electrons. The van der Waals surface area contributed by atoms with E-state index in [9.17, 15) is 26.7 Å². The first-order valence-electron chi connectivity index (χ1n) is 9.82. The number of Topliss-reactive ketones (excluding diaryl/α,β-unsaturated/α-hetero) is 1. The van der Waals surface area contributed by atoms with E-state index in [1.165, 1.54) is 6.07 Å². The van der Waals surface area contributed by atoms with Crippen LogP contribution in [0.5, 0.6) is 5.75 Å². The molecule has 0 saturated carbocycles. The molecule has 0 N–H and O–H groups in total. The summed E-state index contributed by atoms with van der Waals surface area (Å²) in [5.41, 5.74) is 1.24. The van der Waals surface area contributed by atoms with Gasteiger partial charge in [-0.2, -0.15) is 22.8 Å². The van der Waals surface area contributed by atoms with Crippen molar-refractivity contribution in [3.8, 4) is 23.1 Å². The monoisotopic (exact) mass is 480 g/mol. The van der Waals surface area contributed by atoms with Crippen molar-refractivity contribution in [1.82, 2.24) is 4.37 Å². The normalized spacial score (nSPS) is 11.3. The Hall–Kier alpha value is -3.32. The van der Waals surface area contributed by atoms with Gasteiger partial charge in [0, 0.05) is 17.5 Å². The number of halogens is 5. The lowest BCUT2D eigenvalue weighted by molar-refractivity contribution is -0.135. The van der Waals surface area contributed by atoms with Gasteiger partial charge in [-0.25, -0.2) is 8.78 Å². The molecule has 1 heterocycles. The first-order chi connectivity index (χ1) is 15.6. The number of hydrogen-bond acceptors (Lipinski definition) is 5. The van der Waals surface area contributed by atoms with Gasteiger partial charge in [0.25, 0.3) is 0 Å². The number of carbonyl (C=O) groups excluding carboxylic acids is 1. The molecule has 4 nitrogen and oxygen atoms in total. The summed E-state index contributed by atoms with van der Waals surface area (Å²) in [7, 11) is 0. The molecule has 33 heavy (non-hydrogen) atoms. The van der Waals surface area contributed by atoms with Gasteiger partial charge in [-0.05, 0) is 47.6 Å². The molecule has 0 fully saturated rings. The number of aryl methyl sites for hydroxylation is 2. The standard InChI is InChI=1S/C23H17F5N2O2S/c1-2-13-3-6-15(7-4-13)20-17(22(33-30-20)23(26,27)28)12-32-21-18(24)9-14(10-19(21)25)5-8-16(31)11-29/h3-4,6-7,9-10H,2,5,8,12H2,1H3. The van der Waals surface area contributed by atoms with Gasteiger partial charge in [-0.3, -0.25) is 4.79 Å². The lowest BCUT2D eigenvalue weighted by atomic mass is 10.0. The Morgan fingerprint density at radius 3 is 2.30 bits per heavy atom. The van der Waals surface area contributed by atoms with E-state index >= 15 is 0 Å². The van der Waals surface area contributed by atoms with Gasteiger partial charge in [0.05, 0.1) is 5.69 Å². The van der Waals surface area contributed by atoms with E-state index < -0.39 is 40.8 Å². The van der Waals surface area contributed by atoms with E-state index in [1.807, 2.05) is 6.92 Å². The third-order valence-corrected chi connectivity index (χ3v) is 5.80. The van der Waals surface area contributed by atoms with E-state index in [1.54, 1.807) is 24.3 Å². The molecule has 0 aliphatic heterocycles. The van der Waals surface area contributed by atoms with Crippen molar-refractivity contribution in [2.24, 2.45) is 0 Å². The van der Waals surface area contributed by atoms with Crippen LogP contribution in [0.4, 0.5) is 22.0 Å². The van der Waals surface area contributed by atoms with E-state index in [2.05, 4.69) is 4.37 Å². The highest BCUT2D eigenvalue weighted by Gasteiger charge is 2.38. The van der Waals surface area contributed by atoms with E-state index in [-0.39, 0.29) is 41.2 Å². The third-order valence-electron chi connectivity index (χ3n) is 4.87. The minimum Gasteiger partial charge on any atom is -0.483 e. The Kier molecular flexibility index (Phi) is 7.43. The van der Waals surface area contributed by atoms with Crippen LogP contribution in [0.3, 0.4) is 0 Å². The fraction of sp³-hybridized carbons (Fsp3) is 0.261. The minimum atomic E-state index is -4.72. The number of benzene rings is 2. The molecule has 10 heteroatoms. The summed E-state index contributed by atoms with van der Waals surface area (Å²) in [5, 5.41) is 8.48. The summed E-state index contributed by atoms with van der Waals surface area (Å²) in [6.45, 7) is 1.19. The minimum absolute atomic E-state index is 0.0300. The molecule has 0 spiro atoms. The number of alkyl halides is 3. The van der Waals surface area contributed by atoms with Crippen molar-refractivity contribution in [3.63, 3.8) is 0 Å². The number of carbonyl (C=O) groups is 1. The lowest BCUT2D eigenvalue weighted by Crippen LogP contribution is -2.09. The van der Waals surface area contributed by atoms with Crippen LogP contribution in [-0.4, -0.2) is 10.2 Å². The summed E-state index contributed by atoms with van der Waals surface area (Å²) in [6.07, 6.45) is -4.25. The SMILES string of the molecule is CCc1ccc(-c2nsc(C(F)(F)F)c2COc2c(F)cc(CCC(=O)C#N)cc2F)cc1. The van der Waals surface area contributed by atoms with Gasteiger partial charge in [0.2, 0.25) is 5.78 Å². The highest BCUT2D eigenvalue weighted by molar-refractivity contribution is 7.06. The smallest absolute Gasteiger partial charge is 0.427 e. The van der Waals surface area contributed by atoms with Crippen LogP contribution >= 0.6 is 11.5 Å². The number of ketones is 1. The number of aromatic nitrogens is 1. The first-order valence-corrected chi connectivity index (χ1v) is 10.6. The predicted molar refractivity (Wildman–Crippen MR) is 112 cm³/mol. The first kappa shape index (κ1) is 24.3. The highest BCUT2D eigenvalue weighted by Crippen LogP contribution is 2.40. The van der Waals surface area contributed by atoms with Crippen LogP contribution in [0.2, 0.25) is 0 Å². The van der Waals surface area contributed by atoms with Crippen molar-refractivity contribution in [2.45, 2.75) is 39.0 Å². The molecule has 0 aliphatic rings. The van der Waals surface area contributed by atoms with Crippen molar-refractivity contribution in [2.75, 3.05) is 0 Å². The predicted octanol–water partition coefficient (Wildman–Crippen LogP) is 6.27. The molecular formula is C23H17F5N2O2S. The van der Waals surface area contributed by atoms with Crippen LogP contribution in [0, 0.1) is 23.0 Å². The summed E-state index contributed by atoms with van der Waals surface area (Å²) < 4.78 is 78.5. The van der Waals surface area contributed by atoms with E-state index in [0.29, 0.717) is 5.56 Å². The maximum absolute atomic E-state index is 14.4. The Morgan fingerprint density at radius 1 is 1.12 bits per heavy atom. The molecule has 0 bridgehead atoms. The number of nitriles is 1. The average Bonchev–Trinajstić information content (AvgIpc) is 3.21. The van der Waals surface area contributed by atoms with Gasteiger partial charge in [0.1, 0.15) is 17.6 Å². The molecule has 2 aromatic carbocycles. The molecule has 0 amide bonds. The van der Waals surface area contributed by atoms with Crippen molar-refractivity contribution < 1.29 is 31.5 Å². The number of hydrogen-bond donors (Lipinski definition) is 0. The second kappa shape index (κ2) is 10.1. The highest BCUT2D eigenvalue weighted by atomic mass is 32.1. The Bertz CT molecular complexity index is 1170. The van der Waals surface area contributed by atoms with Gasteiger partial charge in [0.15, 0.2) is 17.4 Å². The third kappa shape index (κ3) is 5.73. The molecule has 3 aromatic rings. The Morgan fingerprint density at radius 2 is 1.76 bits per heavy atom. The number of nitrogens with zero attached hydrogens (tertiary/aromatic N) is 2. The second-order valence-electron chi connectivity index (χ2n) is 7.10. The summed E-state index contributed by atoms with van der Waals surface area (Å²) >= 11 is 0.245. The summed E-state index contributed by atoms with van der Waals surface area (Å²) in [4.78, 5) is 10.1. The van der Waals surface area contributed by atoms with E-state index in [0.717, 1.165) is 24.1 Å². The molecule has 0 unspecified atom stereocenters. The van der Waals surface area contributed by atoms with Crippen LogP contribution < -0.4 is 4.74 Å². The largest absolute Gasteiger partial charge is 0.483 e. The number of rotatable bonds is 8. The summed E-state index contributed by atoms with van der Waals surface area (Å²) in [5.74, 6) is -3.82. The van der Waals surface area contributed by atoms with Crippen LogP contribution in [0.25, 0.3) is 11.3 Å². The molecule has 0 radical (unpaired) electrons. The lowest BCUT2D eigenvalue weighted by Gasteiger charge is -2.13. The zero-order chi connectivity index (χ0) is 24.2. The van der Waals surface area contributed by atoms with Gasteiger partial charge in [-0.15, -0.1) is 0 Å². The maximum Gasteiger partial charge on any atom is 0.427 e. The van der Waals surface area contributed by atoms with Crippen molar-refractivity contribution in [1.29, 1.82) is 5.26 Å². The van der Waals surface area contributed by atoms with Crippen LogP contribution in [-0.2, 0) is 30.4 Å². The quantitative estimate of drug-likeness (QED) is 0.281. The average molecular weight is 480 g/mol. The Labute approximate surface area is 190 Å². The zero-order valence-electron chi connectivity index (χ0n) is 17.3. The Balaban J connectivity index is 1.89. The second-order valence-corrected chi connectivity index (χ2v) is 7.87. The fourth-order valence-electron chi connectivity index (χ4n) is 3.14. The fourth-order valence-corrected chi connectivity index (χ4v) is 3.91. The topological polar surface area (TPSA) is 63.0 Å². The molecular weight excluding hydrogens is 463 g/mol. The van der Waals surface area contributed by atoms with Crippen LogP contribution in [0.1, 0.15) is 34.9 Å². The molecule has 0 atom stereocenters. The van der Waals surface area contributed by atoms with E-state index in [4.69, 9.17) is 10.00 Å². The van der Waals surface area contributed by atoms with Crippen molar-refractivity contribution in [3.05, 3.63) is 69.6 Å². The number of ether oxygens (including phenoxy) is 1. The van der Waals surface area contributed by atoms with Crippen molar-refractivity contribution >= 4 is 17.3 Å². The molecule has 0 aliphatic carbocycles. The van der Waals surface area contributed by atoms with Gasteiger partial charge >= 0.3 is 6.18 Å². The summed E-state index contributed by atoms with van der Waals surface area (Å²) in [6, 6.07) is 10.0. The van der Waals surface area contributed by atoms with Gasteiger partial charge in [-0.1, -0.05) is 31.2 Å². The van der Waals surface area contributed by atoms with Gasteiger partial charge < -0.3 is 4.74 Å². The molecule has 3 rings (SSSR count). The zero-order valence-corrected chi connectivity index (χ0v) is 18.1. The molecule has 0 saturated heterocycles.